The summed E-state index contributed by atoms with van der Waals surface area (Å²) in [5.41, 5.74) is 0.395. The number of hydrogen-bond acceptors (Lipinski definition) is 4. The molecule has 0 N–H and O–H groups in total. The van der Waals surface area contributed by atoms with Gasteiger partial charge in [-0.3, -0.25) is 9.69 Å². The zero-order valence-corrected chi connectivity index (χ0v) is 17.0. The number of hydrogen-bond donors (Lipinski definition) is 0. The Morgan fingerprint density at radius 2 is 1.93 bits per heavy atom. The van der Waals surface area contributed by atoms with E-state index in [9.17, 15) is 13.6 Å². The minimum absolute atomic E-state index is 0. The molecule has 0 aliphatic heterocycles. The maximum Gasteiger partial charge on any atom is 0.261 e. The van der Waals surface area contributed by atoms with E-state index in [4.69, 9.17) is 11.6 Å². The van der Waals surface area contributed by atoms with E-state index in [1.54, 1.807) is 12.1 Å². The number of amides is 1. The molecule has 9 heteroatoms. The van der Waals surface area contributed by atoms with E-state index >= 15 is 0 Å². The first-order valence-corrected chi connectivity index (χ1v) is 9.03. The van der Waals surface area contributed by atoms with Crippen LogP contribution in [0.5, 0.6) is 0 Å². The second-order valence-corrected chi connectivity index (χ2v) is 7.38. The second-order valence-electron chi connectivity index (χ2n) is 5.97. The highest BCUT2D eigenvalue weighted by atomic mass is 35.5. The highest BCUT2D eigenvalue weighted by molar-refractivity contribution is 7.22. The Labute approximate surface area is 170 Å². The van der Waals surface area contributed by atoms with Gasteiger partial charge in [-0.2, -0.15) is 0 Å². The van der Waals surface area contributed by atoms with Crippen molar-refractivity contribution in [2.75, 3.05) is 32.1 Å². The number of carbonyl (C=O) groups is 1. The van der Waals surface area contributed by atoms with Crippen LogP contribution in [-0.2, 0) is 0 Å². The standard InChI is InChI=1S/C18H16ClF2N3OS.ClH/c1-23(2)8-9-24(17(25)12-7-6-11(20)10-13(12)19)18-22-16-14(21)4-3-5-15(16)26-18;/h3-7,10H,8-9H2,1-2H3;1H. The monoisotopic (exact) mass is 431 g/mol. The zero-order valence-electron chi connectivity index (χ0n) is 14.6. The lowest BCUT2D eigenvalue weighted by Crippen LogP contribution is -2.36. The Balaban J connectivity index is 0.00000261. The number of para-hydroxylation sites is 1. The Hall–Kier alpha value is -1.80. The van der Waals surface area contributed by atoms with Crippen LogP contribution < -0.4 is 4.90 Å². The number of nitrogens with zero attached hydrogens (tertiary/aromatic N) is 3. The molecule has 0 unspecified atom stereocenters. The van der Waals surface area contributed by atoms with Gasteiger partial charge in [-0.15, -0.1) is 12.4 Å². The molecule has 0 bridgehead atoms. The van der Waals surface area contributed by atoms with Crippen molar-refractivity contribution in [2.24, 2.45) is 0 Å². The van der Waals surface area contributed by atoms with Crippen molar-refractivity contribution in [3.8, 4) is 0 Å². The smallest absolute Gasteiger partial charge is 0.261 e. The third-order valence-electron chi connectivity index (χ3n) is 3.77. The molecule has 1 aromatic heterocycles. The van der Waals surface area contributed by atoms with Gasteiger partial charge < -0.3 is 4.90 Å². The Bertz CT molecular complexity index is 965. The van der Waals surface area contributed by atoms with Crippen LogP contribution in [0.1, 0.15) is 10.4 Å². The summed E-state index contributed by atoms with van der Waals surface area (Å²) in [4.78, 5) is 20.7. The quantitative estimate of drug-likeness (QED) is 0.578. The Morgan fingerprint density at radius 1 is 1.19 bits per heavy atom. The maximum atomic E-state index is 14.0. The van der Waals surface area contributed by atoms with Crippen LogP contribution in [0.4, 0.5) is 13.9 Å². The van der Waals surface area contributed by atoms with E-state index in [2.05, 4.69) is 4.98 Å². The van der Waals surface area contributed by atoms with Crippen LogP contribution in [-0.4, -0.2) is 43.0 Å². The van der Waals surface area contributed by atoms with Crippen LogP contribution in [0.2, 0.25) is 5.02 Å². The summed E-state index contributed by atoms with van der Waals surface area (Å²) in [5.74, 6) is -1.37. The van der Waals surface area contributed by atoms with Gasteiger partial charge in [0.1, 0.15) is 17.2 Å². The van der Waals surface area contributed by atoms with Crippen molar-refractivity contribution in [2.45, 2.75) is 0 Å². The number of anilines is 1. The van der Waals surface area contributed by atoms with E-state index in [1.165, 1.54) is 34.4 Å². The van der Waals surface area contributed by atoms with Gasteiger partial charge in [0, 0.05) is 13.1 Å². The van der Waals surface area contributed by atoms with Gasteiger partial charge in [0.05, 0.1) is 15.3 Å². The van der Waals surface area contributed by atoms with Gasteiger partial charge in [-0.25, -0.2) is 13.8 Å². The molecule has 0 fully saturated rings. The second kappa shape index (κ2) is 8.93. The molecular formula is C18H17Cl2F2N3OS. The molecule has 4 nitrogen and oxygen atoms in total. The first-order chi connectivity index (χ1) is 12.4. The van der Waals surface area contributed by atoms with Crippen molar-refractivity contribution < 1.29 is 13.6 Å². The number of aromatic nitrogens is 1. The molecular weight excluding hydrogens is 415 g/mol. The van der Waals surface area contributed by atoms with E-state index < -0.39 is 17.5 Å². The van der Waals surface area contributed by atoms with Crippen molar-refractivity contribution >= 4 is 56.6 Å². The molecule has 0 saturated carbocycles. The zero-order chi connectivity index (χ0) is 18.8. The summed E-state index contributed by atoms with van der Waals surface area (Å²) >= 11 is 7.27. The number of likely N-dealkylation sites (N-methyl/N-ethyl adjacent to an activating group) is 1. The average Bonchev–Trinajstić information content (AvgIpc) is 3.00. The average molecular weight is 432 g/mol. The van der Waals surface area contributed by atoms with Gasteiger partial charge in [-0.1, -0.05) is 29.0 Å². The SMILES string of the molecule is CN(C)CCN(C(=O)c1ccc(F)cc1Cl)c1nc2c(F)cccc2s1.Cl. The summed E-state index contributed by atoms with van der Waals surface area (Å²) < 4.78 is 27.9. The molecule has 1 amide bonds. The maximum absolute atomic E-state index is 14.0. The van der Waals surface area contributed by atoms with Crippen LogP contribution >= 0.6 is 35.3 Å². The molecule has 0 aliphatic rings. The summed E-state index contributed by atoms with van der Waals surface area (Å²) in [6.07, 6.45) is 0. The number of halogens is 4. The first-order valence-electron chi connectivity index (χ1n) is 7.83. The minimum atomic E-state index is -0.520. The lowest BCUT2D eigenvalue weighted by atomic mass is 10.2. The van der Waals surface area contributed by atoms with Crippen molar-refractivity contribution in [3.05, 3.63) is 58.6 Å². The molecule has 0 saturated heterocycles. The summed E-state index contributed by atoms with van der Waals surface area (Å²) in [5, 5.41) is 0.398. The Morgan fingerprint density at radius 3 is 2.56 bits per heavy atom. The van der Waals surface area contributed by atoms with Gasteiger partial charge in [0.25, 0.3) is 5.91 Å². The molecule has 1 heterocycles. The number of carbonyl (C=O) groups excluding carboxylic acids is 1. The number of rotatable bonds is 5. The molecule has 27 heavy (non-hydrogen) atoms. The summed E-state index contributed by atoms with van der Waals surface area (Å²) in [7, 11) is 3.76. The first kappa shape index (κ1) is 21.5. The largest absolute Gasteiger partial charge is 0.308 e. The van der Waals surface area contributed by atoms with E-state index in [0.717, 1.165) is 6.07 Å². The molecule has 2 aromatic carbocycles. The lowest BCUT2D eigenvalue weighted by Gasteiger charge is -2.22. The normalized spacial score (nSPS) is 10.9. The predicted molar refractivity (Wildman–Crippen MR) is 108 cm³/mol. The fourth-order valence-corrected chi connectivity index (χ4v) is 3.66. The summed E-state index contributed by atoms with van der Waals surface area (Å²) in [6.45, 7) is 0.907. The van der Waals surface area contributed by atoms with Crippen LogP contribution in [0.3, 0.4) is 0 Å². The predicted octanol–water partition coefficient (Wildman–Crippen LogP) is 4.86. The summed E-state index contributed by atoms with van der Waals surface area (Å²) in [6, 6.07) is 8.30. The van der Waals surface area contributed by atoms with Gasteiger partial charge in [0.15, 0.2) is 5.13 Å². The third-order valence-corrected chi connectivity index (χ3v) is 5.12. The topological polar surface area (TPSA) is 36.4 Å². The highest BCUT2D eigenvalue weighted by Crippen LogP contribution is 2.32. The van der Waals surface area contributed by atoms with Gasteiger partial charge in [0.2, 0.25) is 0 Å². The minimum Gasteiger partial charge on any atom is -0.308 e. The molecule has 3 rings (SSSR count). The fourth-order valence-electron chi connectivity index (χ4n) is 2.41. The molecule has 0 radical (unpaired) electrons. The van der Waals surface area contributed by atoms with Crippen LogP contribution in [0.15, 0.2) is 36.4 Å². The van der Waals surface area contributed by atoms with Crippen molar-refractivity contribution in [1.82, 2.24) is 9.88 Å². The molecule has 0 aliphatic carbocycles. The van der Waals surface area contributed by atoms with E-state index in [1.807, 2.05) is 19.0 Å². The Kier molecular flexibility index (Phi) is 7.11. The van der Waals surface area contributed by atoms with Crippen LogP contribution in [0, 0.1) is 11.6 Å². The van der Waals surface area contributed by atoms with E-state index in [0.29, 0.717) is 22.9 Å². The van der Waals surface area contributed by atoms with Gasteiger partial charge >= 0.3 is 0 Å². The molecule has 0 spiro atoms. The lowest BCUT2D eigenvalue weighted by molar-refractivity contribution is 0.0985. The fraction of sp³-hybridized carbons (Fsp3) is 0.222. The molecule has 0 atom stereocenters. The third kappa shape index (κ3) is 4.73. The van der Waals surface area contributed by atoms with Gasteiger partial charge in [-0.05, 0) is 44.4 Å². The number of fused-ring (bicyclic) bond motifs is 1. The molecule has 144 valence electrons. The number of benzene rings is 2. The van der Waals surface area contributed by atoms with Crippen LogP contribution in [0.25, 0.3) is 10.2 Å². The number of thiazole rings is 1. The molecule has 3 aromatic rings. The van der Waals surface area contributed by atoms with Crippen molar-refractivity contribution in [3.63, 3.8) is 0 Å². The van der Waals surface area contributed by atoms with E-state index in [-0.39, 0.29) is 28.5 Å². The highest BCUT2D eigenvalue weighted by Gasteiger charge is 2.24. The van der Waals surface area contributed by atoms with Crippen molar-refractivity contribution in [1.29, 1.82) is 0 Å².